The average molecular weight is 433 g/mol. The zero-order valence-corrected chi connectivity index (χ0v) is 18.2. The van der Waals surface area contributed by atoms with Crippen LogP contribution in [0.4, 0.5) is 4.39 Å². The molecule has 0 unspecified atom stereocenters. The van der Waals surface area contributed by atoms with Gasteiger partial charge in [0.05, 0.1) is 0 Å². The van der Waals surface area contributed by atoms with Gasteiger partial charge in [-0.15, -0.1) is 11.3 Å². The van der Waals surface area contributed by atoms with Gasteiger partial charge in [-0.1, -0.05) is 36.4 Å². The maximum absolute atomic E-state index is 13.4. The number of para-hydroxylation sites is 1. The van der Waals surface area contributed by atoms with E-state index in [1.165, 1.54) is 28.0 Å². The molecule has 2 aromatic carbocycles. The van der Waals surface area contributed by atoms with Gasteiger partial charge in [0, 0.05) is 53.9 Å². The highest BCUT2D eigenvalue weighted by Gasteiger charge is 2.27. The summed E-state index contributed by atoms with van der Waals surface area (Å²) in [6.07, 6.45) is 4.89. The van der Waals surface area contributed by atoms with Gasteiger partial charge in [0.1, 0.15) is 5.82 Å². The molecule has 0 spiro atoms. The zero-order valence-electron chi connectivity index (χ0n) is 17.3. The first kappa shape index (κ1) is 20.0. The number of likely N-dealkylation sites (tertiary alicyclic amines) is 1. The normalized spacial score (nSPS) is 14.9. The van der Waals surface area contributed by atoms with Crippen LogP contribution in [0.5, 0.6) is 0 Å². The van der Waals surface area contributed by atoms with E-state index in [2.05, 4.69) is 46.5 Å². The van der Waals surface area contributed by atoms with Crippen molar-refractivity contribution < 1.29 is 9.18 Å². The van der Waals surface area contributed by atoms with Gasteiger partial charge in [-0.05, 0) is 53.6 Å². The van der Waals surface area contributed by atoms with Crippen molar-refractivity contribution in [2.24, 2.45) is 0 Å². The van der Waals surface area contributed by atoms with E-state index < -0.39 is 0 Å². The number of benzene rings is 2. The van der Waals surface area contributed by atoms with Crippen molar-refractivity contribution in [3.8, 4) is 0 Å². The number of carbonyl (C=O) groups is 1. The highest BCUT2D eigenvalue weighted by molar-refractivity contribution is 7.10. The predicted molar refractivity (Wildman–Crippen MR) is 124 cm³/mol. The number of thiophene rings is 1. The number of nitrogens with zero attached hydrogens (tertiary/aromatic N) is 2. The second kappa shape index (κ2) is 8.67. The third-order valence-corrected chi connectivity index (χ3v) is 7.17. The predicted octanol–water partition coefficient (Wildman–Crippen LogP) is 6.03. The number of hydrogen-bond donors (Lipinski definition) is 0. The van der Waals surface area contributed by atoms with Gasteiger partial charge >= 0.3 is 0 Å². The Morgan fingerprint density at radius 2 is 1.77 bits per heavy atom. The Labute approximate surface area is 185 Å². The number of hydrogen-bond acceptors (Lipinski definition) is 2. The SMILES string of the molecule is O=C(C[C@H](c1cccs1)c1cn(Cc2ccc(F)cc2)c2ccccc12)N1CCCC1. The summed E-state index contributed by atoms with van der Waals surface area (Å²) in [5.41, 5.74) is 3.37. The molecule has 1 atom stereocenters. The zero-order chi connectivity index (χ0) is 21.2. The van der Waals surface area contributed by atoms with Crippen LogP contribution >= 0.6 is 11.3 Å². The molecule has 2 aromatic heterocycles. The van der Waals surface area contributed by atoms with Crippen LogP contribution in [0.1, 0.15) is 41.2 Å². The minimum atomic E-state index is -0.222. The number of rotatable bonds is 6. The van der Waals surface area contributed by atoms with Crippen molar-refractivity contribution in [2.45, 2.75) is 31.7 Å². The second-order valence-electron chi connectivity index (χ2n) is 8.22. The van der Waals surface area contributed by atoms with Crippen LogP contribution in [0.25, 0.3) is 10.9 Å². The van der Waals surface area contributed by atoms with Crippen LogP contribution < -0.4 is 0 Å². The summed E-state index contributed by atoms with van der Waals surface area (Å²) in [7, 11) is 0. The van der Waals surface area contributed by atoms with Gasteiger partial charge in [0.25, 0.3) is 0 Å². The Bertz CT molecular complexity index is 1170. The monoisotopic (exact) mass is 432 g/mol. The highest BCUT2D eigenvalue weighted by Crippen LogP contribution is 2.37. The Morgan fingerprint density at radius 1 is 1.00 bits per heavy atom. The maximum atomic E-state index is 13.4. The smallest absolute Gasteiger partial charge is 0.223 e. The van der Waals surface area contributed by atoms with Crippen molar-refractivity contribution in [3.05, 3.63) is 94.1 Å². The minimum absolute atomic E-state index is 0.0347. The molecule has 1 aliphatic rings. The fraction of sp³-hybridized carbons (Fsp3) is 0.269. The lowest BCUT2D eigenvalue weighted by atomic mass is 9.93. The standard InChI is InChI=1S/C26H25FN2OS/c27-20-11-9-19(10-12-20)17-29-18-23(21-6-1-2-7-24(21)29)22(25-8-5-15-31-25)16-26(30)28-13-3-4-14-28/h1-2,5-12,15,18,22H,3-4,13-14,16-17H2/t22-/m0/s1. The van der Waals surface area contributed by atoms with Crippen molar-refractivity contribution in [2.75, 3.05) is 13.1 Å². The van der Waals surface area contributed by atoms with Gasteiger partial charge in [-0.2, -0.15) is 0 Å². The summed E-state index contributed by atoms with van der Waals surface area (Å²) in [6, 6.07) is 19.2. The largest absolute Gasteiger partial charge is 0.343 e. The van der Waals surface area contributed by atoms with E-state index in [1.54, 1.807) is 11.3 Å². The second-order valence-corrected chi connectivity index (χ2v) is 9.20. The number of amides is 1. The molecule has 1 aliphatic heterocycles. The number of halogens is 1. The molecule has 5 rings (SSSR count). The highest BCUT2D eigenvalue weighted by atomic mass is 32.1. The van der Waals surface area contributed by atoms with Crippen LogP contribution in [0.3, 0.4) is 0 Å². The lowest BCUT2D eigenvalue weighted by Crippen LogP contribution is -2.29. The molecule has 1 saturated heterocycles. The first-order chi connectivity index (χ1) is 15.2. The lowest BCUT2D eigenvalue weighted by Gasteiger charge is -2.20. The molecule has 3 nitrogen and oxygen atoms in total. The molecule has 0 saturated carbocycles. The fourth-order valence-corrected chi connectivity index (χ4v) is 5.44. The number of aromatic nitrogens is 1. The van der Waals surface area contributed by atoms with Gasteiger partial charge in [0.2, 0.25) is 5.91 Å². The Balaban J connectivity index is 1.54. The van der Waals surface area contributed by atoms with Crippen LogP contribution in [0.2, 0.25) is 0 Å². The van der Waals surface area contributed by atoms with E-state index in [0.29, 0.717) is 13.0 Å². The lowest BCUT2D eigenvalue weighted by molar-refractivity contribution is -0.130. The molecular formula is C26H25FN2OS. The summed E-state index contributed by atoms with van der Waals surface area (Å²) in [5.74, 6) is 0.0544. The summed E-state index contributed by atoms with van der Waals surface area (Å²) in [6.45, 7) is 2.42. The van der Waals surface area contributed by atoms with E-state index in [9.17, 15) is 9.18 Å². The minimum Gasteiger partial charge on any atom is -0.343 e. The van der Waals surface area contributed by atoms with Crippen molar-refractivity contribution >= 4 is 28.1 Å². The van der Waals surface area contributed by atoms with Crippen LogP contribution in [0.15, 0.2) is 72.2 Å². The van der Waals surface area contributed by atoms with Gasteiger partial charge in [-0.3, -0.25) is 4.79 Å². The Kier molecular flexibility index (Phi) is 5.60. The molecule has 158 valence electrons. The third-order valence-electron chi connectivity index (χ3n) is 6.19. The van der Waals surface area contributed by atoms with E-state index in [4.69, 9.17) is 0 Å². The van der Waals surface area contributed by atoms with Crippen molar-refractivity contribution in [3.63, 3.8) is 0 Å². The molecule has 0 bridgehead atoms. The summed E-state index contributed by atoms with van der Waals surface area (Å²) in [5, 5.41) is 3.26. The van der Waals surface area contributed by atoms with E-state index in [0.717, 1.165) is 37.0 Å². The molecule has 4 aromatic rings. The van der Waals surface area contributed by atoms with Crippen molar-refractivity contribution in [1.29, 1.82) is 0 Å². The third kappa shape index (κ3) is 4.15. The number of carbonyl (C=O) groups excluding carboxylic acids is 1. The molecule has 31 heavy (non-hydrogen) atoms. The molecule has 5 heteroatoms. The number of fused-ring (bicyclic) bond motifs is 1. The van der Waals surface area contributed by atoms with Gasteiger partial charge < -0.3 is 9.47 Å². The quantitative estimate of drug-likeness (QED) is 0.365. The molecule has 0 N–H and O–H groups in total. The van der Waals surface area contributed by atoms with E-state index >= 15 is 0 Å². The first-order valence-corrected chi connectivity index (χ1v) is 11.7. The molecule has 1 fully saturated rings. The van der Waals surface area contributed by atoms with E-state index in [1.807, 2.05) is 23.1 Å². The molecule has 1 amide bonds. The summed E-state index contributed by atoms with van der Waals surface area (Å²) < 4.78 is 15.6. The maximum Gasteiger partial charge on any atom is 0.223 e. The van der Waals surface area contributed by atoms with E-state index in [-0.39, 0.29) is 17.6 Å². The summed E-state index contributed by atoms with van der Waals surface area (Å²) in [4.78, 5) is 16.3. The van der Waals surface area contributed by atoms with Crippen LogP contribution in [0, 0.1) is 5.82 Å². The molecule has 3 heterocycles. The Hall–Kier alpha value is -2.92. The Morgan fingerprint density at radius 3 is 2.52 bits per heavy atom. The van der Waals surface area contributed by atoms with Gasteiger partial charge in [0.15, 0.2) is 0 Å². The van der Waals surface area contributed by atoms with Crippen molar-refractivity contribution in [1.82, 2.24) is 9.47 Å². The first-order valence-electron chi connectivity index (χ1n) is 10.8. The fourth-order valence-electron chi connectivity index (χ4n) is 4.59. The van der Waals surface area contributed by atoms with Crippen LogP contribution in [-0.4, -0.2) is 28.5 Å². The van der Waals surface area contributed by atoms with Gasteiger partial charge in [-0.25, -0.2) is 4.39 Å². The molecule has 0 aliphatic carbocycles. The summed E-state index contributed by atoms with van der Waals surface area (Å²) >= 11 is 1.71. The molecular weight excluding hydrogens is 407 g/mol. The topological polar surface area (TPSA) is 25.2 Å². The average Bonchev–Trinajstić information content (AvgIpc) is 3.56. The molecule has 0 radical (unpaired) electrons. The van der Waals surface area contributed by atoms with Crippen LogP contribution in [-0.2, 0) is 11.3 Å².